The summed E-state index contributed by atoms with van der Waals surface area (Å²) in [6, 6.07) is 8.35. The van der Waals surface area contributed by atoms with E-state index in [1.807, 2.05) is 25.1 Å². The summed E-state index contributed by atoms with van der Waals surface area (Å²) in [5.41, 5.74) is 3.07. The van der Waals surface area contributed by atoms with Gasteiger partial charge in [0.15, 0.2) is 0 Å². The van der Waals surface area contributed by atoms with Gasteiger partial charge in [-0.3, -0.25) is 10.1 Å². The summed E-state index contributed by atoms with van der Waals surface area (Å²) in [6.45, 7) is 2.29. The van der Waals surface area contributed by atoms with E-state index in [4.69, 9.17) is 16.7 Å². The minimum Gasteiger partial charge on any atom is -0.480 e. The van der Waals surface area contributed by atoms with Crippen molar-refractivity contribution < 1.29 is 9.90 Å². The van der Waals surface area contributed by atoms with Crippen LogP contribution in [0.1, 0.15) is 18.5 Å². The predicted octanol–water partition coefficient (Wildman–Crippen LogP) is 2.54. The first-order valence-electron chi connectivity index (χ1n) is 4.92. The largest absolute Gasteiger partial charge is 0.480 e. The van der Waals surface area contributed by atoms with Crippen molar-refractivity contribution >= 4 is 17.6 Å². The Morgan fingerprint density at radius 2 is 2.12 bits per heavy atom. The molecule has 0 bridgehead atoms. The second kappa shape index (κ2) is 6.30. The summed E-state index contributed by atoms with van der Waals surface area (Å²) >= 11 is 5.51. The van der Waals surface area contributed by atoms with Crippen LogP contribution >= 0.6 is 11.6 Å². The highest BCUT2D eigenvalue weighted by molar-refractivity contribution is 6.25. The summed E-state index contributed by atoms with van der Waals surface area (Å²) in [4.78, 5) is 11.1. The van der Waals surface area contributed by atoms with Crippen molar-refractivity contribution in [2.75, 3.05) is 6.54 Å². The number of carboxylic acid groups (broad SMARTS) is 1. The normalized spacial score (nSPS) is 13.5. The van der Waals surface area contributed by atoms with Gasteiger partial charge in [0.1, 0.15) is 6.04 Å². The Hall–Kier alpha value is -1.32. The number of benzene rings is 1. The van der Waals surface area contributed by atoms with Gasteiger partial charge >= 0.3 is 5.97 Å². The van der Waals surface area contributed by atoms with E-state index in [1.54, 1.807) is 12.1 Å². The second-order valence-corrected chi connectivity index (χ2v) is 3.74. The van der Waals surface area contributed by atoms with Gasteiger partial charge in [0.25, 0.3) is 0 Å². The molecule has 4 heteroatoms. The Balaban J connectivity index is 2.73. The third kappa shape index (κ3) is 3.68. The molecule has 0 aromatic heterocycles. The number of halogens is 1. The molecule has 1 atom stereocenters. The molecule has 86 valence electrons. The summed E-state index contributed by atoms with van der Waals surface area (Å²) in [6.07, 6.45) is 0. The molecule has 0 saturated carbocycles. The van der Waals surface area contributed by atoms with Crippen LogP contribution in [0.3, 0.4) is 0 Å². The van der Waals surface area contributed by atoms with Crippen LogP contribution in [0, 0.1) is 0 Å². The van der Waals surface area contributed by atoms with E-state index in [0.29, 0.717) is 6.54 Å². The molecule has 2 N–H and O–H groups in total. The third-order valence-electron chi connectivity index (χ3n) is 2.15. The van der Waals surface area contributed by atoms with Crippen molar-refractivity contribution in [3.63, 3.8) is 0 Å². The van der Waals surface area contributed by atoms with Crippen LogP contribution in [0.2, 0.25) is 0 Å². The van der Waals surface area contributed by atoms with Crippen LogP contribution in [-0.2, 0) is 4.79 Å². The number of aliphatic carboxylic acids is 1. The van der Waals surface area contributed by atoms with Crippen molar-refractivity contribution in [1.29, 1.82) is 0 Å². The Morgan fingerprint density at radius 3 is 2.62 bits per heavy atom. The molecule has 0 spiro atoms. The van der Waals surface area contributed by atoms with Gasteiger partial charge in [-0.15, -0.1) is 0 Å². The molecular formula is C12H14ClNO2. The highest BCUT2D eigenvalue weighted by atomic mass is 35.5. The van der Waals surface area contributed by atoms with Gasteiger partial charge in [0.2, 0.25) is 0 Å². The standard InChI is InChI=1S/C12H14ClNO2/c1-9(7-13)8-14-11(12(15)16)10-5-3-2-4-6-10/h2-7,11,14H,8H2,1H3,(H,15,16)/b9-7-. The molecule has 0 aliphatic heterocycles. The Labute approximate surface area is 99.7 Å². The molecule has 0 saturated heterocycles. The van der Waals surface area contributed by atoms with Crippen LogP contribution in [0.4, 0.5) is 0 Å². The van der Waals surface area contributed by atoms with Crippen molar-refractivity contribution in [1.82, 2.24) is 5.32 Å². The zero-order valence-corrected chi connectivity index (χ0v) is 9.74. The summed E-state index contributed by atoms with van der Waals surface area (Å²) in [5.74, 6) is -0.895. The summed E-state index contributed by atoms with van der Waals surface area (Å²) in [7, 11) is 0. The van der Waals surface area contributed by atoms with E-state index in [9.17, 15) is 4.79 Å². The topological polar surface area (TPSA) is 49.3 Å². The van der Waals surface area contributed by atoms with Crippen LogP contribution in [0.5, 0.6) is 0 Å². The molecule has 1 aromatic rings. The van der Waals surface area contributed by atoms with E-state index in [0.717, 1.165) is 11.1 Å². The molecular weight excluding hydrogens is 226 g/mol. The second-order valence-electron chi connectivity index (χ2n) is 3.52. The van der Waals surface area contributed by atoms with Crippen molar-refractivity contribution in [3.05, 3.63) is 47.0 Å². The number of carbonyl (C=O) groups is 1. The first-order valence-corrected chi connectivity index (χ1v) is 5.35. The molecule has 0 aliphatic carbocycles. The molecule has 3 nitrogen and oxygen atoms in total. The number of rotatable bonds is 5. The average molecular weight is 240 g/mol. The lowest BCUT2D eigenvalue weighted by molar-refractivity contribution is -0.139. The van der Waals surface area contributed by atoms with Crippen LogP contribution in [0.15, 0.2) is 41.4 Å². The predicted molar refractivity (Wildman–Crippen MR) is 64.4 cm³/mol. The third-order valence-corrected chi connectivity index (χ3v) is 2.52. The fourth-order valence-electron chi connectivity index (χ4n) is 1.29. The van der Waals surface area contributed by atoms with Crippen LogP contribution in [0.25, 0.3) is 0 Å². The lowest BCUT2D eigenvalue weighted by Crippen LogP contribution is -2.29. The molecule has 0 fully saturated rings. The van der Waals surface area contributed by atoms with Gasteiger partial charge in [-0.25, -0.2) is 0 Å². The SMILES string of the molecule is C/C(=C/Cl)CNC(C(=O)O)c1ccccc1. The van der Waals surface area contributed by atoms with Gasteiger partial charge in [0.05, 0.1) is 0 Å². The number of nitrogens with one attached hydrogen (secondary N) is 1. The maximum absolute atomic E-state index is 11.1. The minimum absolute atomic E-state index is 0.454. The first kappa shape index (κ1) is 12.7. The summed E-state index contributed by atoms with van der Waals surface area (Å²) in [5, 5.41) is 12.0. The number of carboxylic acids is 1. The van der Waals surface area contributed by atoms with E-state index in [2.05, 4.69) is 5.32 Å². The van der Waals surface area contributed by atoms with E-state index >= 15 is 0 Å². The Bertz CT molecular complexity index is 376. The number of hydrogen-bond acceptors (Lipinski definition) is 2. The molecule has 0 aliphatic rings. The first-order chi connectivity index (χ1) is 7.65. The Kier molecular flexibility index (Phi) is 5.02. The molecule has 1 aromatic carbocycles. The lowest BCUT2D eigenvalue weighted by Gasteiger charge is -2.14. The fourth-order valence-corrected chi connectivity index (χ4v) is 1.37. The molecule has 0 amide bonds. The van der Waals surface area contributed by atoms with E-state index in [1.165, 1.54) is 5.54 Å². The Morgan fingerprint density at radius 1 is 1.50 bits per heavy atom. The summed E-state index contributed by atoms with van der Waals surface area (Å²) < 4.78 is 0. The maximum Gasteiger partial charge on any atom is 0.325 e. The molecule has 16 heavy (non-hydrogen) atoms. The molecule has 0 radical (unpaired) electrons. The zero-order chi connectivity index (χ0) is 12.0. The van der Waals surface area contributed by atoms with Crippen LogP contribution in [-0.4, -0.2) is 17.6 Å². The monoisotopic (exact) mass is 239 g/mol. The highest BCUT2D eigenvalue weighted by Crippen LogP contribution is 2.12. The van der Waals surface area contributed by atoms with Crippen molar-refractivity contribution in [2.24, 2.45) is 0 Å². The lowest BCUT2D eigenvalue weighted by atomic mass is 10.1. The molecule has 1 unspecified atom stereocenters. The zero-order valence-electron chi connectivity index (χ0n) is 8.98. The van der Waals surface area contributed by atoms with Gasteiger partial charge in [-0.05, 0) is 18.1 Å². The number of hydrogen-bond donors (Lipinski definition) is 2. The van der Waals surface area contributed by atoms with Gasteiger partial charge in [-0.1, -0.05) is 41.9 Å². The smallest absolute Gasteiger partial charge is 0.325 e. The van der Waals surface area contributed by atoms with Gasteiger partial charge in [-0.2, -0.15) is 0 Å². The maximum atomic E-state index is 11.1. The van der Waals surface area contributed by atoms with Crippen molar-refractivity contribution in [2.45, 2.75) is 13.0 Å². The van der Waals surface area contributed by atoms with Crippen molar-refractivity contribution in [3.8, 4) is 0 Å². The van der Waals surface area contributed by atoms with Gasteiger partial charge in [0, 0.05) is 12.1 Å². The van der Waals surface area contributed by atoms with Crippen LogP contribution < -0.4 is 5.32 Å². The molecule has 0 heterocycles. The average Bonchev–Trinajstić information content (AvgIpc) is 2.30. The fraction of sp³-hybridized carbons (Fsp3) is 0.250. The van der Waals surface area contributed by atoms with E-state index in [-0.39, 0.29) is 0 Å². The molecule has 1 rings (SSSR count). The van der Waals surface area contributed by atoms with E-state index < -0.39 is 12.0 Å². The highest BCUT2D eigenvalue weighted by Gasteiger charge is 2.18. The van der Waals surface area contributed by atoms with Gasteiger partial charge < -0.3 is 5.11 Å². The quantitative estimate of drug-likeness (QED) is 0.830. The minimum atomic E-state index is -0.895.